The third kappa shape index (κ3) is 4.41. The highest BCUT2D eigenvalue weighted by Gasteiger charge is 2.14. The molecule has 0 fully saturated rings. The first-order valence-electron chi connectivity index (χ1n) is 9.34. The topological polar surface area (TPSA) is 78.6 Å². The number of nitrogens with zero attached hydrogens (tertiary/aromatic N) is 1. The van der Waals surface area contributed by atoms with E-state index < -0.39 is 5.63 Å². The molecule has 0 spiro atoms. The van der Waals surface area contributed by atoms with Gasteiger partial charge in [0, 0.05) is 29.5 Å². The lowest BCUT2D eigenvalue weighted by Crippen LogP contribution is -2.13. The number of carbonyl (C=O) groups is 1. The number of carbonyl (C=O) groups excluding carboxylic acids is 1. The molecule has 4 aromatic rings. The lowest BCUT2D eigenvalue weighted by atomic mass is 10.1. The van der Waals surface area contributed by atoms with Crippen molar-refractivity contribution >= 4 is 28.1 Å². The zero-order chi connectivity index (χ0) is 21.1. The van der Waals surface area contributed by atoms with Crippen molar-refractivity contribution in [1.29, 1.82) is 0 Å². The van der Waals surface area contributed by atoms with Gasteiger partial charge in [0.05, 0.1) is 5.56 Å². The molecule has 30 heavy (non-hydrogen) atoms. The number of aryl methyl sites for hydroxylation is 1. The molecule has 6 nitrogen and oxygen atoms in total. The first-order valence-corrected chi connectivity index (χ1v) is 10.2. The number of hydrogen-bond donors (Lipinski definition) is 0. The van der Waals surface area contributed by atoms with Gasteiger partial charge in [0.25, 0.3) is 5.19 Å². The predicted molar refractivity (Wildman–Crippen MR) is 115 cm³/mol. The summed E-state index contributed by atoms with van der Waals surface area (Å²) in [6, 6.07) is 12.6. The van der Waals surface area contributed by atoms with Crippen molar-refractivity contribution in [3.63, 3.8) is 0 Å². The van der Waals surface area contributed by atoms with Crippen molar-refractivity contribution in [3.8, 4) is 16.7 Å². The predicted octanol–water partition coefficient (Wildman–Crippen LogP) is 5.06. The van der Waals surface area contributed by atoms with Crippen LogP contribution in [0, 0.1) is 6.92 Å². The van der Waals surface area contributed by atoms with Crippen LogP contribution in [-0.2, 0) is 17.8 Å². The summed E-state index contributed by atoms with van der Waals surface area (Å²) in [5, 5.41) is 3.15. The number of fused-ring (bicyclic) bond motifs is 1. The van der Waals surface area contributed by atoms with E-state index in [1.165, 1.54) is 11.3 Å². The van der Waals surface area contributed by atoms with Crippen LogP contribution in [0.4, 0.5) is 0 Å². The van der Waals surface area contributed by atoms with Crippen molar-refractivity contribution in [2.45, 2.75) is 26.9 Å². The van der Waals surface area contributed by atoms with Gasteiger partial charge in [-0.2, -0.15) is 0 Å². The summed E-state index contributed by atoms with van der Waals surface area (Å²) < 4.78 is 17.0. The minimum absolute atomic E-state index is 0.0744. The van der Waals surface area contributed by atoms with Gasteiger partial charge in [0.15, 0.2) is 0 Å². The molecule has 0 N–H and O–H groups in total. The summed E-state index contributed by atoms with van der Waals surface area (Å²) in [5.74, 6) is 1.22. The Labute approximate surface area is 176 Å². The van der Waals surface area contributed by atoms with Crippen LogP contribution in [0.2, 0.25) is 0 Å². The van der Waals surface area contributed by atoms with Crippen LogP contribution in [0.5, 0.6) is 16.7 Å². The summed E-state index contributed by atoms with van der Waals surface area (Å²) >= 11 is 1.38. The third-order valence-electron chi connectivity index (χ3n) is 4.61. The molecule has 0 amide bonds. The van der Waals surface area contributed by atoms with Gasteiger partial charge in [-0.15, -0.1) is 0 Å². The number of Topliss-reactive ketones (excluding diaryl/α,β-unsaturated/α-hetero) is 1. The summed E-state index contributed by atoms with van der Waals surface area (Å²) in [6.45, 7) is 3.49. The largest absolute Gasteiger partial charge is 0.489 e. The molecular weight excluding hydrogens is 402 g/mol. The van der Waals surface area contributed by atoms with Gasteiger partial charge >= 0.3 is 5.63 Å². The van der Waals surface area contributed by atoms with E-state index in [1.54, 1.807) is 25.3 Å². The number of aromatic nitrogens is 1. The molecule has 4 rings (SSSR count). The molecule has 0 radical (unpaired) electrons. The van der Waals surface area contributed by atoms with E-state index in [1.807, 2.05) is 42.6 Å². The van der Waals surface area contributed by atoms with E-state index in [-0.39, 0.29) is 12.4 Å². The highest BCUT2D eigenvalue weighted by molar-refractivity contribution is 7.11. The Morgan fingerprint density at radius 2 is 2.03 bits per heavy atom. The molecule has 7 heteroatoms. The maximum atomic E-state index is 12.6. The molecule has 0 aliphatic carbocycles. The number of hydrogen-bond acceptors (Lipinski definition) is 7. The molecule has 0 bridgehead atoms. The molecule has 2 aromatic carbocycles. The molecule has 0 atom stereocenters. The fourth-order valence-corrected chi connectivity index (χ4v) is 3.66. The number of ketones is 1. The molecule has 2 aromatic heterocycles. The van der Waals surface area contributed by atoms with Crippen LogP contribution >= 0.6 is 11.3 Å². The second kappa shape index (κ2) is 8.51. The third-order valence-corrected chi connectivity index (χ3v) is 5.26. The summed E-state index contributed by atoms with van der Waals surface area (Å²) in [5.41, 5.74) is 2.11. The first-order chi connectivity index (χ1) is 14.5. The monoisotopic (exact) mass is 421 g/mol. The van der Waals surface area contributed by atoms with Gasteiger partial charge in [-0.3, -0.25) is 4.79 Å². The van der Waals surface area contributed by atoms with Crippen LogP contribution in [0.25, 0.3) is 11.0 Å². The van der Waals surface area contributed by atoms with Crippen LogP contribution in [0.15, 0.2) is 63.3 Å². The van der Waals surface area contributed by atoms with E-state index >= 15 is 0 Å². The zero-order valence-electron chi connectivity index (χ0n) is 16.5. The summed E-state index contributed by atoms with van der Waals surface area (Å²) in [4.78, 5) is 28.0. The van der Waals surface area contributed by atoms with Gasteiger partial charge in [-0.1, -0.05) is 23.5 Å². The van der Waals surface area contributed by atoms with Crippen molar-refractivity contribution in [1.82, 2.24) is 4.98 Å². The molecular formula is C23H19NO5S. The van der Waals surface area contributed by atoms with Crippen molar-refractivity contribution in [2.75, 3.05) is 0 Å². The number of benzene rings is 2. The SMILES string of the molecule is CC(=O)Cc1cccc(OCc2c(C)c3ccc(Oc4nccs4)cc3oc2=O)c1. The van der Waals surface area contributed by atoms with Gasteiger partial charge in [0.1, 0.15) is 29.5 Å². The van der Waals surface area contributed by atoms with Gasteiger partial charge in [0.2, 0.25) is 0 Å². The lowest BCUT2D eigenvalue weighted by molar-refractivity contribution is -0.116. The molecule has 0 unspecified atom stereocenters. The minimum Gasteiger partial charge on any atom is -0.489 e. The van der Waals surface area contributed by atoms with E-state index in [4.69, 9.17) is 13.9 Å². The lowest BCUT2D eigenvalue weighted by Gasteiger charge is -2.11. The summed E-state index contributed by atoms with van der Waals surface area (Å²) in [6.07, 6.45) is 2.01. The van der Waals surface area contributed by atoms with Gasteiger partial charge < -0.3 is 13.9 Å². The second-order valence-corrected chi connectivity index (χ2v) is 7.72. The van der Waals surface area contributed by atoms with Crippen LogP contribution in [0.1, 0.15) is 23.6 Å². The van der Waals surface area contributed by atoms with E-state index in [0.717, 1.165) is 16.5 Å². The minimum atomic E-state index is -0.453. The van der Waals surface area contributed by atoms with Crippen molar-refractivity contribution < 1.29 is 18.7 Å². The normalized spacial score (nSPS) is 10.9. The maximum absolute atomic E-state index is 12.6. The number of thiazole rings is 1. The second-order valence-electron chi connectivity index (χ2n) is 6.87. The van der Waals surface area contributed by atoms with Crippen LogP contribution in [0.3, 0.4) is 0 Å². The molecule has 0 saturated heterocycles. The van der Waals surface area contributed by atoms with Crippen molar-refractivity contribution in [3.05, 3.63) is 81.2 Å². The van der Waals surface area contributed by atoms with Gasteiger partial charge in [-0.25, -0.2) is 9.78 Å². The average Bonchev–Trinajstić information content (AvgIpc) is 3.20. The molecule has 0 saturated carbocycles. The Morgan fingerprint density at radius 3 is 2.80 bits per heavy atom. The molecule has 0 aliphatic heterocycles. The number of ether oxygens (including phenoxy) is 2. The standard InChI is InChI=1S/C23H19NO5S/c1-14(25)10-16-4-3-5-17(11-16)27-13-20-15(2)19-7-6-18(12-21(19)29-22(20)26)28-23-24-8-9-30-23/h3-9,11-12H,10,13H2,1-2H3. The Kier molecular flexibility index (Phi) is 5.63. The average molecular weight is 421 g/mol. The van der Waals surface area contributed by atoms with E-state index in [2.05, 4.69) is 4.98 Å². The highest BCUT2D eigenvalue weighted by atomic mass is 32.1. The van der Waals surface area contributed by atoms with Gasteiger partial charge in [-0.05, 0) is 49.2 Å². The Hall–Kier alpha value is -3.45. The molecule has 0 aliphatic rings. The van der Waals surface area contributed by atoms with Crippen LogP contribution in [-0.4, -0.2) is 10.8 Å². The van der Waals surface area contributed by atoms with E-state index in [0.29, 0.717) is 34.3 Å². The van der Waals surface area contributed by atoms with E-state index in [9.17, 15) is 9.59 Å². The van der Waals surface area contributed by atoms with Crippen LogP contribution < -0.4 is 15.1 Å². The fraction of sp³-hybridized carbons (Fsp3) is 0.174. The maximum Gasteiger partial charge on any atom is 0.343 e. The Morgan fingerprint density at radius 1 is 1.17 bits per heavy atom. The van der Waals surface area contributed by atoms with Crippen molar-refractivity contribution in [2.24, 2.45) is 0 Å². The molecule has 2 heterocycles. The summed E-state index contributed by atoms with van der Waals surface area (Å²) in [7, 11) is 0. The smallest absolute Gasteiger partial charge is 0.343 e. The first kappa shape index (κ1) is 19.8. The molecule has 152 valence electrons. The highest BCUT2D eigenvalue weighted by Crippen LogP contribution is 2.28. The zero-order valence-corrected chi connectivity index (χ0v) is 17.3. The Bertz CT molecular complexity index is 1260. The Balaban J connectivity index is 1.57. The quantitative estimate of drug-likeness (QED) is 0.388. The fourth-order valence-electron chi connectivity index (χ4n) is 3.15. The number of rotatable bonds is 7.